The first-order valence-electron chi connectivity index (χ1n) is 7.30. The zero-order chi connectivity index (χ0) is 14.8. The van der Waals surface area contributed by atoms with Crippen LogP contribution in [-0.2, 0) is 0 Å². The lowest BCUT2D eigenvalue weighted by Gasteiger charge is -2.07. The topological polar surface area (TPSA) is 39.7 Å². The molecule has 3 heteroatoms. The second kappa shape index (κ2) is 3.83. The van der Waals surface area contributed by atoms with Crippen molar-refractivity contribution >= 4 is 43.8 Å². The van der Waals surface area contributed by atoms with Crippen LogP contribution < -0.4 is 10.5 Å². The number of nitrogens with two attached hydrogens (primary N) is 1. The van der Waals surface area contributed by atoms with E-state index in [4.69, 9.17) is 10.5 Å². The number of hydrogen-bond acceptors (Lipinski definition) is 2. The smallest absolute Gasteiger partial charge is 0.151 e. The normalized spacial score (nSPS) is 12.0. The highest BCUT2D eigenvalue weighted by Crippen LogP contribution is 2.45. The molecule has 0 fully saturated rings. The molecule has 0 aliphatic heterocycles. The molecule has 106 valence electrons. The summed E-state index contributed by atoms with van der Waals surface area (Å²) in [6.07, 6.45) is 0. The monoisotopic (exact) mass is 286 g/mol. The van der Waals surface area contributed by atoms with E-state index >= 15 is 0 Å². The second-order valence-corrected chi connectivity index (χ2v) is 5.64. The van der Waals surface area contributed by atoms with Crippen LogP contribution in [0.25, 0.3) is 38.1 Å². The Kier molecular flexibility index (Phi) is 2.03. The summed E-state index contributed by atoms with van der Waals surface area (Å²) in [7, 11) is 1.68. The SMILES string of the molecule is COc1c(N)cc2c3ccccc3n3c4ccccc4c1c23. The first-order valence-corrected chi connectivity index (χ1v) is 7.30. The molecular weight excluding hydrogens is 272 g/mol. The maximum Gasteiger partial charge on any atom is 0.151 e. The van der Waals surface area contributed by atoms with Crippen LogP contribution in [-0.4, -0.2) is 11.5 Å². The van der Waals surface area contributed by atoms with Gasteiger partial charge in [0.25, 0.3) is 0 Å². The highest BCUT2D eigenvalue weighted by Gasteiger charge is 2.21. The summed E-state index contributed by atoms with van der Waals surface area (Å²) >= 11 is 0. The predicted molar refractivity (Wildman–Crippen MR) is 92.1 cm³/mol. The fraction of sp³-hybridized carbons (Fsp3) is 0.0526. The molecule has 0 saturated heterocycles. The van der Waals surface area contributed by atoms with Crippen molar-refractivity contribution in [2.75, 3.05) is 12.8 Å². The first kappa shape index (κ1) is 11.7. The van der Waals surface area contributed by atoms with E-state index in [1.165, 1.54) is 32.7 Å². The van der Waals surface area contributed by atoms with E-state index in [1.54, 1.807) is 7.11 Å². The summed E-state index contributed by atoms with van der Waals surface area (Å²) in [6, 6.07) is 18.9. The largest absolute Gasteiger partial charge is 0.494 e. The summed E-state index contributed by atoms with van der Waals surface area (Å²) in [6.45, 7) is 0. The molecule has 5 rings (SSSR count). The summed E-state index contributed by atoms with van der Waals surface area (Å²) in [5.41, 5.74) is 10.5. The van der Waals surface area contributed by atoms with E-state index in [9.17, 15) is 0 Å². The Labute approximate surface area is 126 Å². The third kappa shape index (κ3) is 1.18. The van der Waals surface area contributed by atoms with Gasteiger partial charge in [0.05, 0.1) is 34.7 Å². The summed E-state index contributed by atoms with van der Waals surface area (Å²) in [5.74, 6) is 0.765. The zero-order valence-electron chi connectivity index (χ0n) is 12.1. The van der Waals surface area contributed by atoms with Gasteiger partial charge in [-0.25, -0.2) is 0 Å². The van der Waals surface area contributed by atoms with Crippen molar-refractivity contribution in [3.05, 3.63) is 54.6 Å². The van der Waals surface area contributed by atoms with Crippen LogP contribution in [0, 0.1) is 0 Å². The minimum absolute atomic E-state index is 0.685. The first-order chi connectivity index (χ1) is 10.8. The second-order valence-electron chi connectivity index (χ2n) is 5.64. The lowest BCUT2D eigenvalue weighted by atomic mass is 10.1. The number of aromatic nitrogens is 1. The molecule has 3 aromatic carbocycles. The van der Waals surface area contributed by atoms with Crippen molar-refractivity contribution in [1.29, 1.82) is 0 Å². The zero-order valence-corrected chi connectivity index (χ0v) is 12.1. The van der Waals surface area contributed by atoms with Crippen molar-refractivity contribution in [3.63, 3.8) is 0 Å². The van der Waals surface area contributed by atoms with Crippen molar-refractivity contribution < 1.29 is 4.74 Å². The summed E-state index contributed by atoms with van der Waals surface area (Å²) in [5, 5.41) is 4.68. The molecule has 2 N–H and O–H groups in total. The van der Waals surface area contributed by atoms with Gasteiger partial charge in [-0.3, -0.25) is 0 Å². The standard InChI is InChI=1S/C19H14N2O/c1-22-19-14(20)10-13-11-6-2-4-8-15(11)21-16-9-5-3-7-12(16)17(19)18(13)21/h2-10H,20H2,1H3. The van der Waals surface area contributed by atoms with Gasteiger partial charge in [-0.15, -0.1) is 0 Å². The molecule has 2 aromatic heterocycles. The maximum atomic E-state index is 6.27. The Hall–Kier alpha value is -2.94. The molecule has 0 bridgehead atoms. The number of ether oxygens (including phenoxy) is 1. The van der Waals surface area contributed by atoms with Gasteiger partial charge in [0.1, 0.15) is 0 Å². The van der Waals surface area contributed by atoms with E-state index in [0.29, 0.717) is 5.69 Å². The lowest BCUT2D eigenvalue weighted by molar-refractivity contribution is 0.422. The number of nitrogen functional groups attached to an aromatic ring is 1. The van der Waals surface area contributed by atoms with Crippen molar-refractivity contribution in [3.8, 4) is 5.75 Å². The number of fused-ring (bicyclic) bond motifs is 6. The van der Waals surface area contributed by atoms with Gasteiger partial charge < -0.3 is 14.9 Å². The van der Waals surface area contributed by atoms with Crippen molar-refractivity contribution in [2.24, 2.45) is 0 Å². The quantitative estimate of drug-likeness (QED) is 0.463. The molecular formula is C19H14N2O. The van der Waals surface area contributed by atoms with Gasteiger partial charge >= 0.3 is 0 Å². The average Bonchev–Trinajstić information content (AvgIpc) is 3.05. The number of methoxy groups -OCH3 is 1. The number of anilines is 1. The van der Waals surface area contributed by atoms with Crippen LogP contribution in [0.5, 0.6) is 5.75 Å². The minimum Gasteiger partial charge on any atom is -0.494 e. The average molecular weight is 286 g/mol. The van der Waals surface area contributed by atoms with Gasteiger partial charge in [-0.05, 0) is 18.2 Å². The molecule has 0 saturated carbocycles. The van der Waals surface area contributed by atoms with Crippen LogP contribution in [0.4, 0.5) is 5.69 Å². The van der Waals surface area contributed by atoms with E-state index < -0.39 is 0 Å². The molecule has 0 aliphatic rings. The Morgan fingerprint density at radius 3 is 2.23 bits per heavy atom. The van der Waals surface area contributed by atoms with E-state index in [1.807, 2.05) is 6.07 Å². The molecule has 0 radical (unpaired) electrons. The highest BCUT2D eigenvalue weighted by atomic mass is 16.5. The molecule has 0 amide bonds. The Morgan fingerprint density at radius 1 is 0.864 bits per heavy atom. The minimum atomic E-state index is 0.685. The van der Waals surface area contributed by atoms with E-state index in [2.05, 4.69) is 52.9 Å². The number of rotatable bonds is 1. The fourth-order valence-electron chi connectivity index (χ4n) is 3.73. The van der Waals surface area contributed by atoms with E-state index in [-0.39, 0.29) is 0 Å². The molecule has 0 unspecified atom stereocenters. The molecule has 0 spiro atoms. The fourth-order valence-corrected chi connectivity index (χ4v) is 3.73. The molecule has 2 heterocycles. The highest BCUT2D eigenvalue weighted by molar-refractivity contribution is 6.26. The number of nitrogens with zero attached hydrogens (tertiary/aromatic N) is 1. The summed E-state index contributed by atoms with van der Waals surface area (Å²) < 4.78 is 7.94. The third-order valence-electron chi connectivity index (χ3n) is 4.56. The van der Waals surface area contributed by atoms with Gasteiger partial charge in [-0.2, -0.15) is 0 Å². The van der Waals surface area contributed by atoms with Crippen molar-refractivity contribution in [1.82, 2.24) is 4.40 Å². The molecule has 0 aliphatic carbocycles. The third-order valence-corrected chi connectivity index (χ3v) is 4.56. The number of benzene rings is 3. The van der Waals surface area contributed by atoms with Gasteiger partial charge in [0.15, 0.2) is 5.75 Å². The Bertz CT molecular complexity index is 1170. The maximum absolute atomic E-state index is 6.27. The van der Waals surface area contributed by atoms with Crippen molar-refractivity contribution in [2.45, 2.75) is 0 Å². The van der Waals surface area contributed by atoms with Gasteiger partial charge in [0.2, 0.25) is 0 Å². The van der Waals surface area contributed by atoms with Crippen LogP contribution in [0.1, 0.15) is 0 Å². The van der Waals surface area contributed by atoms with Crippen LogP contribution in [0.15, 0.2) is 54.6 Å². The molecule has 0 atom stereocenters. The summed E-state index contributed by atoms with van der Waals surface area (Å²) in [4.78, 5) is 0. The van der Waals surface area contributed by atoms with Crippen LogP contribution in [0.3, 0.4) is 0 Å². The van der Waals surface area contributed by atoms with Gasteiger partial charge in [0, 0.05) is 16.2 Å². The van der Waals surface area contributed by atoms with Crippen LogP contribution >= 0.6 is 0 Å². The number of para-hydroxylation sites is 2. The molecule has 22 heavy (non-hydrogen) atoms. The van der Waals surface area contributed by atoms with E-state index in [0.717, 1.165) is 11.1 Å². The Balaban J connectivity index is 2.27. The molecule has 3 nitrogen and oxygen atoms in total. The lowest BCUT2D eigenvalue weighted by Crippen LogP contribution is -1.92. The predicted octanol–water partition coefficient (Wildman–Crippen LogP) is 4.43. The Morgan fingerprint density at radius 2 is 1.50 bits per heavy atom. The van der Waals surface area contributed by atoms with Gasteiger partial charge in [-0.1, -0.05) is 36.4 Å². The molecule has 5 aromatic rings. The van der Waals surface area contributed by atoms with Crippen LogP contribution in [0.2, 0.25) is 0 Å². The number of hydrogen-bond donors (Lipinski definition) is 1.